The van der Waals surface area contributed by atoms with Crippen molar-refractivity contribution in [2.75, 3.05) is 11.9 Å². The molecule has 1 aromatic carbocycles. The van der Waals surface area contributed by atoms with Gasteiger partial charge in [0.25, 0.3) is 0 Å². The van der Waals surface area contributed by atoms with Gasteiger partial charge in [-0.1, -0.05) is 6.07 Å². The molecule has 3 N–H and O–H groups in total. The Morgan fingerprint density at radius 1 is 1.57 bits per heavy atom. The largest absolute Gasteiger partial charge is 0.375 e. The van der Waals surface area contributed by atoms with Gasteiger partial charge >= 0.3 is 0 Å². The van der Waals surface area contributed by atoms with Crippen molar-refractivity contribution in [3.63, 3.8) is 0 Å². The molecule has 1 unspecified atom stereocenters. The van der Waals surface area contributed by atoms with Crippen LogP contribution in [0.4, 0.5) is 5.69 Å². The smallest absolute Gasteiger partial charge is 0.231 e. The first-order valence-corrected chi connectivity index (χ1v) is 4.42. The monoisotopic (exact) mass is 192 g/mol. The molecule has 0 aliphatic carbocycles. The fourth-order valence-electron chi connectivity index (χ4n) is 1.67. The van der Waals surface area contributed by atoms with Crippen LogP contribution in [0, 0.1) is 0 Å². The van der Waals surface area contributed by atoms with Crippen molar-refractivity contribution in [3.05, 3.63) is 29.3 Å². The van der Waals surface area contributed by atoms with Crippen molar-refractivity contribution in [2.24, 2.45) is 5.73 Å². The Morgan fingerprint density at radius 3 is 2.93 bits per heavy atom. The molecule has 0 bridgehead atoms. The number of hydrogen-bond acceptors (Lipinski definition) is 3. The SMILES string of the molecule is CN1C(=O)Cc2cc(C(N)O)ccc21. The molecule has 1 amide bonds. The van der Waals surface area contributed by atoms with Gasteiger partial charge in [0.2, 0.25) is 5.91 Å². The molecular weight excluding hydrogens is 180 g/mol. The van der Waals surface area contributed by atoms with Crippen LogP contribution in [0.25, 0.3) is 0 Å². The lowest BCUT2D eigenvalue weighted by Gasteiger charge is -2.11. The summed E-state index contributed by atoms with van der Waals surface area (Å²) in [5.74, 6) is 0.0728. The predicted molar refractivity (Wildman–Crippen MR) is 52.7 cm³/mol. The van der Waals surface area contributed by atoms with Crippen LogP contribution in [-0.4, -0.2) is 18.1 Å². The van der Waals surface area contributed by atoms with E-state index in [2.05, 4.69) is 0 Å². The number of aliphatic hydroxyl groups excluding tert-OH is 1. The number of carbonyl (C=O) groups is 1. The van der Waals surface area contributed by atoms with Crippen LogP contribution in [0.2, 0.25) is 0 Å². The van der Waals surface area contributed by atoms with E-state index in [1.807, 2.05) is 6.07 Å². The average Bonchev–Trinajstić information content (AvgIpc) is 2.42. The summed E-state index contributed by atoms with van der Waals surface area (Å²) in [4.78, 5) is 13.0. The minimum absolute atomic E-state index is 0.0728. The van der Waals surface area contributed by atoms with E-state index < -0.39 is 6.23 Å². The van der Waals surface area contributed by atoms with Gasteiger partial charge in [-0.05, 0) is 23.3 Å². The van der Waals surface area contributed by atoms with Crippen molar-refractivity contribution in [1.29, 1.82) is 0 Å². The summed E-state index contributed by atoms with van der Waals surface area (Å²) in [5.41, 5.74) is 7.81. The molecule has 1 aliphatic heterocycles. The lowest BCUT2D eigenvalue weighted by Crippen LogP contribution is -2.20. The summed E-state index contributed by atoms with van der Waals surface area (Å²) in [6.07, 6.45) is -0.576. The Kier molecular flexibility index (Phi) is 2.02. The molecule has 1 heterocycles. The normalized spacial score (nSPS) is 17.1. The van der Waals surface area contributed by atoms with Gasteiger partial charge in [-0.15, -0.1) is 0 Å². The van der Waals surface area contributed by atoms with Gasteiger partial charge in [0.1, 0.15) is 6.23 Å². The van der Waals surface area contributed by atoms with E-state index >= 15 is 0 Å². The predicted octanol–water partition coefficient (Wildman–Crippen LogP) is 0.155. The van der Waals surface area contributed by atoms with Crippen LogP contribution in [0.5, 0.6) is 0 Å². The summed E-state index contributed by atoms with van der Waals surface area (Å²) in [5, 5.41) is 9.17. The molecule has 1 aliphatic rings. The molecule has 0 saturated carbocycles. The maximum Gasteiger partial charge on any atom is 0.231 e. The number of fused-ring (bicyclic) bond motifs is 1. The van der Waals surface area contributed by atoms with Crippen LogP contribution in [0.1, 0.15) is 17.4 Å². The summed E-state index contributed by atoms with van der Waals surface area (Å²) < 4.78 is 0. The number of likely N-dealkylation sites (N-methyl/N-ethyl adjacent to an activating group) is 1. The lowest BCUT2D eigenvalue weighted by atomic mass is 10.1. The highest BCUT2D eigenvalue weighted by Gasteiger charge is 2.24. The van der Waals surface area contributed by atoms with Crippen molar-refractivity contribution in [3.8, 4) is 0 Å². The first-order valence-electron chi connectivity index (χ1n) is 4.42. The highest BCUT2D eigenvalue weighted by Crippen LogP contribution is 2.29. The Morgan fingerprint density at radius 2 is 2.29 bits per heavy atom. The number of hydrogen-bond donors (Lipinski definition) is 2. The molecule has 74 valence electrons. The average molecular weight is 192 g/mol. The van der Waals surface area contributed by atoms with Crippen molar-refractivity contribution < 1.29 is 9.90 Å². The van der Waals surface area contributed by atoms with E-state index in [4.69, 9.17) is 10.8 Å². The maximum absolute atomic E-state index is 11.3. The highest BCUT2D eigenvalue weighted by molar-refractivity contribution is 6.00. The summed E-state index contributed by atoms with van der Waals surface area (Å²) >= 11 is 0. The molecule has 2 rings (SSSR count). The Balaban J connectivity index is 2.44. The van der Waals surface area contributed by atoms with Crippen LogP contribution in [0.3, 0.4) is 0 Å². The first kappa shape index (κ1) is 9.18. The van der Waals surface area contributed by atoms with Gasteiger partial charge < -0.3 is 15.7 Å². The van der Waals surface area contributed by atoms with Gasteiger partial charge in [-0.3, -0.25) is 4.79 Å². The fourth-order valence-corrected chi connectivity index (χ4v) is 1.67. The number of carbonyl (C=O) groups excluding carboxylic acids is 1. The molecule has 1 aromatic rings. The van der Waals surface area contributed by atoms with Crippen LogP contribution < -0.4 is 10.6 Å². The second-order valence-corrected chi connectivity index (χ2v) is 3.46. The number of benzene rings is 1. The topological polar surface area (TPSA) is 66.6 Å². The molecule has 0 spiro atoms. The minimum Gasteiger partial charge on any atom is -0.375 e. The molecule has 0 aromatic heterocycles. The van der Waals surface area contributed by atoms with Gasteiger partial charge in [-0.2, -0.15) is 0 Å². The summed E-state index contributed by atoms with van der Waals surface area (Å²) in [7, 11) is 1.74. The number of anilines is 1. The van der Waals surface area contributed by atoms with Crippen molar-refractivity contribution in [2.45, 2.75) is 12.6 Å². The molecular formula is C10H12N2O2. The fraction of sp³-hybridized carbons (Fsp3) is 0.300. The van der Waals surface area contributed by atoms with E-state index in [1.54, 1.807) is 24.1 Å². The van der Waals surface area contributed by atoms with Crippen LogP contribution >= 0.6 is 0 Å². The molecule has 14 heavy (non-hydrogen) atoms. The molecule has 4 nitrogen and oxygen atoms in total. The van der Waals surface area contributed by atoms with Crippen LogP contribution in [0.15, 0.2) is 18.2 Å². The van der Waals surface area contributed by atoms with E-state index in [9.17, 15) is 4.79 Å². The van der Waals surface area contributed by atoms with E-state index in [0.717, 1.165) is 11.3 Å². The maximum atomic E-state index is 11.3. The lowest BCUT2D eigenvalue weighted by molar-refractivity contribution is -0.117. The summed E-state index contributed by atoms with van der Waals surface area (Å²) in [6.45, 7) is 0. The molecule has 0 radical (unpaired) electrons. The third kappa shape index (κ3) is 1.29. The van der Waals surface area contributed by atoms with E-state index in [0.29, 0.717) is 12.0 Å². The third-order valence-corrected chi connectivity index (χ3v) is 2.52. The van der Waals surface area contributed by atoms with E-state index in [-0.39, 0.29) is 5.91 Å². The number of amides is 1. The van der Waals surface area contributed by atoms with Crippen molar-refractivity contribution in [1.82, 2.24) is 0 Å². The van der Waals surface area contributed by atoms with Gasteiger partial charge in [0.15, 0.2) is 0 Å². The quantitative estimate of drug-likeness (QED) is 0.623. The second kappa shape index (κ2) is 3.08. The molecule has 0 saturated heterocycles. The zero-order valence-electron chi connectivity index (χ0n) is 7.90. The zero-order valence-corrected chi connectivity index (χ0v) is 7.90. The Labute approximate surface area is 81.9 Å². The number of aliphatic hydroxyl groups is 1. The van der Waals surface area contributed by atoms with E-state index in [1.165, 1.54) is 0 Å². The van der Waals surface area contributed by atoms with Crippen LogP contribution in [-0.2, 0) is 11.2 Å². The second-order valence-electron chi connectivity index (χ2n) is 3.46. The molecule has 0 fully saturated rings. The Bertz CT molecular complexity index is 388. The standard InChI is InChI=1S/C10H12N2O2/c1-12-8-3-2-6(10(11)14)4-7(8)5-9(12)13/h2-4,10,14H,5,11H2,1H3. The highest BCUT2D eigenvalue weighted by atomic mass is 16.3. The zero-order chi connectivity index (χ0) is 10.3. The number of nitrogens with two attached hydrogens (primary N) is 1. The van der Waals surface area contributed by atoms with Gasteiger partial charge in [0.05, 0.1) is 6.42 Å². The molecule has 4 heteroatoms. The van der Waals surface area contributed by atoms with Gasteiger partial charge in [-0.25, -0.2) is 0 Å². The minimum atomic E-state index is -0.971. The number of nitrogens with zero attached hydrogens (tertiary/aromatic N) is 1. The number of rotatable bonds is 1. The Hall–Kier alpha value is -1.39. The van der Waals surface area contributed by atoms with Gasteiger partial charge in [0, 0.05) is 12.7 Å². The van der Waals surface area contributed by atoms with Crippen molar-refractivity contribution >= 4 is 11.6 Å². The summed E-state index contributed by atoms with van der Waals surface area (Å²) in [6, 6.07) is 5.33. The first-order chi connectivity index (χ1) is 6.59. The third-order valence-electron chi connectivity index (χ3n) is 2.52. The molecule has 1 atom stereocenters.